The zero-order valence-corrected chi connectivity index (χ0v) is 19.2. The Hall–Kier alpha value is -2.00. The zero-order chi connectivity index (χ0) is 22.9. The topological polar surface area (TPSA) is 92.8 Å². The van der Waals surface area contributed by atoms with Crippen LogP contribution in [-0.4, -0.2) is 50.3 Å². The van der Waals surface area contributed by atoms with Gasteiger partial charge < -0.3 is 10.1 Å². The highest BCUT2D eigenvalue weighted by Gasteiger charge is 2.42. The van der Waals surface area contributed by atoms with Crippen molar-refractivity contribution in [3.05, 3.63) is 29.6 Å². The molecule has 2 bridgehead atoms. The van der Waals surface area contributed by atoms with Crippen LogP contribution in [0.3, 0.4) is 0 Å². The molecule has 32 heavy (non-hydrogen) atoms. The van der Waals surface area contributed by atoms with Crippen molar-refractivity contribution in [2.45, 2.75) is 62.8 Å². The molecular weight excluding hydrogens is 435 g/mol. The maximum absolute atomic E-state index is 14.3. The number of sulfonamides is 1. The summed E-state index contributed by atoms with van der Waals surface area (Å²) < 4.78 is 46.3. The molecule has 9 heteroatoms. The van der Waals surface area contributed by atoms with Crippen LogP contribution in [0.4, 0.5) is 4.39 Å². The van der Waals surface area contributed by atoms with E-state index in [1.807, 2.05) is 6.92 Å². The molecule has 176 valence electrons. The molecule has 1 saturated heterocycles. The lowest BCUT2D eigenvalue weighted by molar-refractivity contribution is -0.125. The fourth-order valence-corrected chi connectivity index (χ4v) is 7.20. The molecule has 0 unspecified atom stereocenters. The van der Waals surface area contributed by atoms with Gasteiger partial charge in [-0.2, -0.15) is 4.31 Å². The maximum Gasteiger partial charge on any atom is 0.338 e. The average molecular weight is 467 g/mol. The first kappa shape index (κ1) is 23.2. The van der Waals surface area contributed by atoms with Gasteiger partial charge in [0.15, 0.2) is 6.61 Å². The van der Waals surface area contributed by atoms with Crippen molar-refractivity contribution in [2.24, 2.45) is 17.8 Å². The predicted molar refractivity (Wildman–Crippen MR) is 116 cm³/mol. The van der Waals surface area contributed by atoms with Crippen molar-refractivity contribution in [3.8, 4) is 0 Å². The van der Waals surface area contributed by atoms with Crippen LogP contribution < -0.4 is 5.32 Å². The minimum absolute atomic E-state index is 0.0172. The van der Waals surface area contributed by atoms with Crippen LogP contribution in [0.2, 0.25) is 0 Å². The molecule has 1 aliphatic heterocycles. The van der Waals surface area contributed by atoms with E-state index in [2.05, 4.69) is 5.32 Å². The van der Waals surface area contributed by atoms with Crippen LogP contribution in [0, 0.1) is 23.6 Å². The van der Waals surface area contributed by atoms with E-state index in [-0.39, 0.29) is 11.6 Å². The Morgan fingerprint density at radius 3 is 2.59 bits per heavy atom. The number of piperidine rings is 1. The lowest BCUT2D eigenvalue weighted by Gasteiger charge is -2.28. The van der Waals surface area contributed by atoms with Crippen molar-refractivity contribution in [3.63, 3.8) is 0 Å². The molecule has 4 atom stereocenters. The van der Waals surface area contributed by atoms with Crippen LogP contribution in [0.15, 0.2) is 23.1 Å². The summed E-state index contributed by atoms with van der Waals surface area (Å²) in [5.74, 6) is -0.259. The summed E-state index contributed by atoms with van der Waals surface area (Å²) in [6.07, 6.45) is 7.26. The van der Waals surface area contributed by atoms with Crippen molar-refractivity contribution >= 4 is 21.9 Å². The second-order valence-electron chi connectivity index (χ2n) is 9.38. The number of carbonyl (C=O) groups is 2. The molecule has 1 heterocycles. The number of nitrogens with zero attached hydrogens (tertiary/aromatic N) is 1. The maximum atomic E-state index is 14.3. The Bertz CT molecular complexity index is 977. The zero-order valence-electron chi connectivity index (χ0n) is 18.4. The second-order valence-corrected chi connectivity index (χ2v) is 11.3. The minimum Gasteiger partial charge on any atom is -0.452 e. The van der Waals surface area contributed by atoms with Gasteiger partial charge in [0.05, 0.1) is 5.56 Å². The van der Waals surface area contributed by atoms with E-state index in [9.17, 15) is 22.4 Å². The van der Waals surface area contributed by atoms with Crippen molar-refractivity contribution in [1.29, 1.82) is 0 Å². The van der Waals surface area contributed by atoms with E-state index < -0.39 is 39.2 Å². The molecule has 2 saturated carbocycles. The number of esters is 1. The molecule has 0 radical (unpaired) electrons. The number of carbonyl (C=O) groups excluding carboxylic acids is 2. The summed E-state index contributed by atoms with van der Waals surface area (Å²) in [4.78, 5) is 24.2. The third kappa shape index (κ3) is 4.83. The van der Waals surface area contributed by atoms with Gasteiger partial charge in [0.1, 0.15) is 10.7 Å². The molecule has 1 aromatic carbocycles. The number of hydrogen-bond acceptors (Lipinski definition) is 5. The summed E-state index contributed by atoms with van der Waals surface area (Å²) in [6, 6.07) is 3.13. The standard InChI is InChI=1S/C23H31FN2O5S/c1-15(19-12-16-5-6-17(19)11-16)25-22(27)14-31-23(28)18-7-8-20(24)21(13-18)32(29,30)26-9-3-2-4-10-26/h7-8,13,15-17,19H,2-6,9-12,14H2,1H3,(H,25,27)/t15-,16+,17+,19-/m0/s1. The summed E-state index contributed by atoms with van der Waals surface area (Å²) in [6.45, 7) is 2.19. The predicted octanol–water partition coefficient (Wildman–Crippen LogP) is 3.10. The average Bonchev–Trinajstić information content (AvgIpc) is 3.42. The molecular formula is C23H31FN2O5S. The number of ether oxygens (including phenoxy) is 1. The van der Waals surface area contributed by atoms with Crippen molar-refractivity contribution in [2.75, 3.05) is 19.7 Å². The van der Waals surface area contributed by atoms with Crippen LogP contribution in [0.5, 0.6) is 0 Å². The number of amides is 1. The molecule has 7 nitrogen and oxygen atoms in total. The highest BCUT2D eigenvalue weighted by Crippen LogP contribution is 2.49. The van der Waals surface area contributed by atoms with Crippen LogP contribution in [-0.2, 0) is 19.6 Å². The normalized spacial score (nSPS) is 26.6. The fraction of sp³-hybridized carbons (Fsp3) is 0.652. The minimum atomic E-state index is -4.04. The van der Waals surface area contributed by atoms with Crippen molar-refractivity contribution in [1.82, 2.24) is 9.62 Å². The first-order chi connectivity index (χ1) is 15.3. The summed E-state index contributed by atoms with van der Waals surface area (Å²) in [5, 5.41) is 2.92. The fourth-order valence-electron chi connectivity index (χ4n) is 5.60. The molecule has 4 rings (SSSR count). The van der Waals surface area contributed by atoms with E-state index in [0.717, 1.165) is 43.7 Å². The van der Waals surface area contributed by atoms with Gasteiger partial charge in [-0.15, -0.1) is 0 Å². The summed E-state index contributed by atoms with van der Waals surface area (Å²) in [7, 11) is -4.04. The van der Waals surface area contributed by atoms with Gasteiger partial charge in [-0.1, -0.05) is 12.8 Å². The van der Waals surface area contributed by atoms with Crippen LogP contribution in [0.1, 0.15) is 62.2 Å². The summed E-state index contributed by atoms with van der Waals surface area (Å²) >= 11 is 0. The molecule has 1 aromatic rings. The number of fused-ring (bicyclic) bond motifs is 2. The van der Waals surface area contributed by atoms with E-state index in [1.165, 1.54) is 29.6 Å². The number of nitrogens with one attached hydrogen (secondary N) is 1. The third-order valence-corrected chi connectivity index (χ3v) is 9.17. The van der Waals surface area contributed by atoms with Gasteiger partial charge in [0, 0.05) is 19.1 Å². The number of halogens is 1. The lowest BCUT2D eigenvalue weighted by Crippen LogP contribution is -2.42. The first-order valence-corrected chi connectivity index (χ1v) is 13.0. The van der Waals surface area contributed by atoms with Gasteiger partial charge in [-0.25, -0.2) is 17.6 Å². The molecule has 3 aliphatic rings. The number of rotatable bonds is 7. The van der Waals surface area contributed by atoms with E-state index in [0.29, 0.717) is 24.9 Å². The molecule has 0 aromatic heterocycles. The molecule has 1 amide bonds. The van der Waals surface area contributed by atoms with Crippen LogP contribution >= 0.6 is 0 Å². The highest BCUT2D eigenvalue weighted by molar-refractivity contribution is 7.89. The van der Waals surface area contributed by atoms with E-state index >= 15 is 0 Å². The number of hydrogen-bond donors (Lipinski definition) is 1. The Morgan fingerprint density at radius 2 is 1.94 bits per heavy atom. The molecule has 2 aliphatic carbocycles. The van der Waals surface area contributed by atoms with Gasteiger partial charge >= 0.3 is 5.97 Å². The third-order valence-electron chi connectivity index (χ3n) is 7.26. The van der Waals surface area contributed by atoms with Gasteiger partial charge in [-0.3, -0.25) is 4.79 Å². The Balaban J connectivity index is 1.35. The molecule has 1 N–H and O–H groups in total. The lowest BCUT2D eigenvalue weighted by atomic mass is 9.84. The molecule has 0 spiro atoms. The molecule has 3 fully saturated rings. The Kier molecular flexibility index (Phi) is 6.86. The van der Waals surface area contributed by atoms with E-state index in [1.54, 1.807) is 0 Å². The Morgan fingerprint density at radius 1 is 1.19 bits per heavy atom. The van der Waals surface area contributed by atoms with E-state index in [4.69, 9.17) is 4.74 Å². The SMILES string of the molecule is C[C@H](NC(=O)COC(=O)c1ccc(F)c(S(=O)(=O)N2CCCCC2)c1)[C@@H]1C[C@@H]2CC[C@@H]1C2. The van der Waals surface area contributed by atoms with Gasteiger partial charge in [0.2, 0.25) is 10.0 Å². The smallest absolute Gasteiger partial charge is 0.338 e. The second kappa shape index (κ2) is 9.47. The summed E-state index contributed by atoms with van der Waals surface area (Å²) in [5.41, 5.74) is -0.101. The first-order valence-electron chi connectivity index (χ1n) is 11.5. The van der Waals surface area contributed by atoms with Gasteiger partial charge in [0.25, 0.3) is 5.91 Å². The van der Waals surface area contributed by atoms with Crippen LogP contribution in [0.25, 0.3) is 0 Å². The quantitative estimate of drug-likeness (QED) is 0.624. The van der Waals surface area contributed by atoms with Gasteiger partial charge in [-0.05, 0) is 75.0 Å². The monoisotopic (exact) mass is 466 g/mol. The Labute approximate surface area is 188 Å². The number of benzene rings is 1. The van der Waals surface area contributed by atoms with Crippen molar-refractivity contribution < 1.29 is 27.1 Å². The highest BCUT2D eigenvalue weighted by atomic mass is 32.2. The largest absolute Gasteiger partial charge is 0.452 e.